The number of para-hydroxylation sites is 2. The third-order valence-corrected chi connectivity index (χ3v) is 4.92. The van der Waals surface area contributed by atoms with Crippen molar-refractivity contribution in [3.8, 4) is 17.3 Å². The van der Waals surface area contributed by atoms with Crippen molar-refractivity contribution in [1.29, 1.82) is 0 Å². The van der Waals surface area contributed by atoms with Gasteiger partial charge in [-0.1, -0.05) is 18.2 Å². The molecule has 0 atom stereocenters. The maximum Gasteiger partial charge on any atom is 0.177 e. The second-order valence-corrected chi connectivity index (χ2v) is 6.85. The summed E-state index contributed by atoms with van der Waals surface area (Å²) in [6.07, 6.45) is 3.69. The fraction of sp³-hybridized carbons (Fsp3) is 0.261. The second kappa shape index (κ2) is 7.70. The van der Waals surface area contributed by atoms with Crippen molar-refractivity contribution < 1.29 is 9.15 Å². The van der Waals surface area contributed by atoms with Crippen LogP contribution in [0.3, 0.4) is 0 Å². The third-order valence-electron chi connectivity index (χ3n) is 4.92. The van der Waals surface area contributed by atoms with Crippen molar-refractivity contribution in [2.24, 2.45) is 0 Å². The largest absolute Gasteiger partial charge is 0.494 e. The summed E-state index contributed by atoms with van der Waals surface area (Å²) in [5, 5.41) is 0. The highest BCUT2D eigenvalue weighted by Gasteiger charge is 2.14. The molecule has 4 rings (SSSR count). The molecule has 4 aromatic rings. The predicted octanol–water partition coefficient (Wildman–Crippen LogP) is 5.77. The first-order valence-corrected chi connectivity index (χ1v) is 9.41. The highest BCUT2D eigenvalue weighted by atomic mass is 16.5. The normalized spacial score (nSPS) is 11.2. The molecule has 138 valence electrons. The molecule has 0 amide bonds. The van der Waals surface area contributed by atoms with Crippen LogP contribution in [0.1, 0.15) is 24.0 Å². The molecular formula is C23H24N2O2. The summed E-state index contributed by atoms with van der Waals surface area (Å²) in [5.41, 5.74) is 4.69. The number of benzene rings is 2. The number of aryl methyl sites for hydroxylation is 3. The van der Waals surface area contributed by atoms with E-state index in [1.165, 1.54) is 11.1 Å². The molecule has 2 aromatic heterocycles. The van der Waals surface area contributed by atoms with Crippen LogP contribution in [0, 0.1) is 13.8 Å². The van der Waals surface area contributed by atoms with Crippen LogP contribution in [0.4, 0.5) is 0 Å². The molecule has 0 saturated carbocycles. The van der Waals surface area contributed by atoms with Crippen molar-refractivity contribution >= 4 is 11.0 Å². The van der Waals surface area contributed by atoms with Crippen molar-refractivity contribution in [2.45, 2.75) is 33.2 Å². The molecule has 4 heteroatoms. The van der Waals surface area contributed by atoms with Crippen LogP contribution in [0.5, 0.6) is 5.75 Å². The first-order chi connectivity index (χ1) is 13.2. The Labute approximate surface area is 159 Å². The molecule has 2 heterocycles. The van der Waals surface area contributed by atoms with Gasteiger partial charge in [-0.2, -0.15) is 0 Å². The molecule has 0 radical (unpaired) electrons. The number of unbranched alkanes of at least 4 members (excludes halogenated alkanes) is 1. The third kappa shape index (κ3) is 3.75. The first-order valence-electron chi connectivity index (χ1n) is 9.41. The molecule has 0 unspecified atom stereocenters. The summed E-state index contributed by atoms with van der Waals surface area (Å²) >= 11 is 0. The van der Waals surface area contributed by atoms with Crippen LogP contribution >= 0.6 is 0 Å². The summed E-state index contributed by atoms with van der Waals surface area (Å²) in [7, 11) is 0. The van der Waals surface area contributed by atoms with Crippen molar-refractivity contribution in [3.63, 3.8) is 0 Å². The number of rotatable bonds is 7. The van der Waals surface area contributed by atoms with Crippen LogP contribution in [0.2, 0.25) is 0 Å². The number of hydrogen-bond donors (Lipinski definition) is 0. The predicted molar refractivity (Wildman–Crippen MR) is 108 cm³/mol. The second-order valence-electron chi connectivity index (χ2n) is 6.85. The monoisotopic (exact) mass is 360 g/mol. The standard InChI is InChI=1S/C23H24N2O2/c1-17-11-12-19(16-18(17)2)26-14-6-5-13-25-21-9-4-3-8-20(21)24-23(25)22-10-7-15-27-22/h3-4,7-12,15-16H,5-6,13-14H2,1-2H3. The van der Waals surface area contributed by atoms with E-state index in [-0.39, 0.29) is 0 Å². The summed E-state index contributed by atoms with van der Waals surface area (Å²) in [5.74, 6) is 2.64. The lowest BCUT2D eigenvalue weighted by Gasteiger charge is -2.10. The average molecular weight is 360 g/mol. The van der Waals surface area contributed by atoms with E-state index in [9.17, 15) is 0 Å². The van der Waals surface area contributed by atoms with E-state index in [2.05, 4.69) is 42.7 Å². The van der Waals surface area contributed by atoms with Crippen LogP contribution < -0.4 is 4.74 Å². The lowest BCUT2D eigenvalue weighted by molar-refractivity contribution is 0.303. The molecular weight excluding hydrogens is 336 g/mol. The molecule has 0 spiro atoms. The van der Waals surface area contributed by atoms with Gasteiger partial charge in [-0.15, -0.1) is 0 Å². The van der Waals surface area contributed by atoms with E-state index in [1.807, 2.05) is 30.3 Å². The fourth-order valence-corrected chi connectivity index (χ4v) is 3.26. The molecule has 0 saturated heterocycles. The van der Waals surface area contributed by atoms with Crippen LogP contribution in [-0.4, -0.2) is 16.2 Å². The van der Waals surface area contributed by atoms with Gasteiger partial charge in [0.25, 0.3) is 0 Å². The minimum Gasteiger partial charge on any atom is -0.494 e. The highest BCUT2D eigenvalue weighted by Crippen LogP contribution is 2.25. The van der Waals surface area contributed by atoms with Gasteiger partial charge in [0.1, 0.15) is 5.75 Å². The van der Waals surface area contributed by atoms with Gasteiger partial charge in [0.15, 0.2) is 11.6 Å². The van der Waals surface area contributed by atoms with E-state index in [0.717, 1.165) is 47.8 Å². The molecule has 0 aliphatic carbocycles. The fourth-order valence-electron chi connectivity index (χ4n) is 3.26. The van der Waals surface area contributed by atoms with Gasteiger partial charge in [-0.05, 0) is 74.2 Å². The van der Waals surface area contributed by atoms with Gasteiger partial charge in [-0.25, -0.2) is 4.98 Å². The van der Waals surface area contributed by atoms with Crippen molar-refractivity contribution in [3.05, 3.63) is 72.0 Å². The van der Waals surface area contributed by atoms with Gasteiger partial charge in [0, 0.05) is 6.54 Å². The van der Waals surface area contributed by atoms with Gasteiger partial charge in [-0.3, -0.25) is 0 Å². The summed E-state index contributed by atoms with van der Waals surface area (Å²) in [4.78, 5) is 4.76. The van der Waals surface area contributed by atoms with E-state index < -0.39 is 0 Å². The van der Waals surface area contributed by atoms with Crippen LogP contribution in [0.25, 0.3) is 22.6 Å². The molecule has 0 fully saturated rings. The molecule has 0 bridgehead atoms. The lowest BCUT2D eigenvalue weighted by atomic mass is 10.1. The average Bonchev–Trinajstić information content (AvgIpc) is 3.32. The number of nitrogens with zero attached hydrogens (tertiary/aromatic N) is 2. The topological polar surface area (TPSA) is 40.2 Å². The Morgan fingerprint density at radius 3 is 2.67 bits per heavy atom. The Bertz CT molecular complexity index is 1030. The molecule has 0 aliphatic heterocycles. The number of hydrogen-bond acceptors (Lipinski definition) is 3. The maximum absolute atomic E-state index is 5.91. The molecule has 4 nitrogen and oxygen atoms in total. The number of imidazole rings is 1. The van der Waals surface area contributed by atoms with Crippen molar-refractivity contribution in [2.75, 3.05) is 6.61 Å². The number of aromatic nitrogens is 2. The Morgan fingerprint density at radius 2 is 1.85 bits per heavy atom. The minimum atomic E-state index is 0.714. The van der Waals surface area contributed by atoms with Gasteiger partial charge < -0.3 is 13.7 Å². The highest BCUT2D eigenvalue weighted by molar-refractivity contribution is 5.79. The van der Waals surface area contributed by atoms with Crippen LogP contribution in [0.15, 0.2) is 65.3 Å². The lowest BCUT2D eigenvalue weighted by Crippen LogP contribution is -2.04. The smallest absolute Gasteiger partial charge is 0.177 e. The Kier molecular flexibility index (Phi) is 4.97. The molecule has 2 aromatic carbocycles. The van der Waals surface area contributed by atoms with Gasteiger partial charge >= 0.3 is 0 Å². The first kappa shape index (κ1) is 17.4. The minimum absolute atomic E-state index is 0.714. The van der Waals surface area contributed by atoms with E-state index >= 15 is 0 Å². The SMILES string of the molecule is Cc1ccc(OCCCCn2c(-c3ccco3)nc3ccccc32)cc1C. The van der Waals surface area contributed by atoms with E-state index in [1.54, 1.807) is 6.26 Å². The Balaban J connectivity index is 1.41. The molecule has 0 aliphatic rings. The number of fused-ring (bicyclic) bond motifs is 1. The zero-order chi connectivity index (χ0) is 18.6. The maximum atomic E-state index is 5.91. The molecule has 27 heavy (non-hydrogen) atoms. The van der Waals surface area contributed by atoms with Gasteiger partial charge in [0.2, 0.25) is 0 Å². The molecule has 0 N–H and O–H groups in total. The van der Waals surface area contributed by atoms with E-state index in [0.29, 0.717) is 6.61 Å². The van der Waals surface area contributed by atoms with Crippen molar-refractivity contribution in [1.82, 2.24) is 9.55 Å². The number of furan rings is 1. The number of ether oxygens (including phenoxy) is 1. The zero-order valence-corrected chi connectivity index (χ0v) is 15.8. The summed E-state index contributed by atoms with van der Waals surface area (Å²) < 4.78 is 13.7. The van der Waals surface area contributed by atoms with Crippen LogP contribution in [-0.2, 0) is 6.54 Å². The Hall–Kier alpha value is -3.01. The summed E-state index contributed by atoms with van der Waals surface area (Å²) in [6.45, 7) is 5.83. The Morgan fingerprint density at radius 1 is 0.963 bits per heavy atom. The van der Waals surface area contributed by atoms with E-state index in [4.69, 9.17) is 14.1 Å². The quantitative estimate of drug-likeness (QED) is 0.393. The zero-order valence-electron chi connectivity index (χ0n) is 15.8. The summed E-state index contributed by atoms with van der Waals surface area (Å²) in [6, 6.07) is 18.3. The van der Waals surface area contributed by atoms with Gasteiger partial charge in [0.05, 0.1) is 23.9 Å².